The molecule has 14 nitrogen and oxygen atoms in total. The molecule has 16 heteroatoms. The molecule has 2 aromatic heterocycles. The number of aromatic nitrogens is 4. The van der Waals surface area contributed by atoms with Crippen molar-refractivity contribution in [3.05, 3.63) is 36.7 Å². The summed E-state index contributed by atoms with van der Waals surface area (Å²) in [4.78, 5) is 27.4. The number of nitrogens with one attached hydrogen (secondary N) is 2. The van der Waals surface area contributed by atoms with E-state index in [-0.39, 0.29) is 17.3 Å². The summed E-state index contributed by atoms with van der Waals surface area (Å²) in [5, 5.41) is 16.4. The van der Waals surface area contributed by atoms with Crippen molar-refractivity contribution < 1.29 is 37.4 Å². The third-order valence-electron chi connectivity index (χ3n) is 6.45. The second-order valence-corrected chi connectivity index (χ2v) is 12.2. The maximum atomic E-state index is 16.1. The quantitative estimate of drug-likeness (QED) is 0.203. The summed E-state index contributed by atoms with van der Waals surface area (Å²) in [7, 11) is 0.944. The van der Waals surface area contributed by atoms with Gasteiger partial charge < -0.3 is 29.3 Å². The molecule has 0 amide bonds. The minimum absolute atomic E-state index is 0.195. The molecule has 0 saturated carbocycles. The van der Waals surface area contributed by atoms with E-state index in [0.29, 0.717) is 11.3 Å². The third kappa shape index (κ3) is 6.65. The fraction of sp³-hybridized carbons (Fsp3) is 0.538. The average Bonchev–Trinajstić information content (AvgIpc) is 3.44. The first-order chi connectivity index (χ1) is 19.8. The summed E-state index contributed by atoms with van der Waals surface area (Å²) in [6.07, 6.45) is -3.40. The Labute approximate surface area is 243 Å². The predicted molar refractivity (Wildman–Crippen MR) is 153 cm³/mol. The maximum Gasteiger partial charge on any atom is 0.459 e. The van der Waals surface area contributed by atoms with Gasteiger partial charge in [0.25, 0.3) is 0 Å². The second kappa shape index (κ2) is 12.5. The highest BCUT2D eigenvalue weighted by Gasteiger charge is 2.56. The van der Waals surface area contributed by atoms with Crippen molar-refractivity contribution in [3.63, 3.8) is 0 Å². The molecule has 0 unspecified atom stereocenters. The number of nitrogens with zero attached hydrogens (tertiary/aromatic N) is 5. The van der Waals surface area contributed by atoms with Gasteiger partial charge in [-0.2, -0.15) is 15.1 Å². The summed E-state index contributed by atoms with van der Waals surface area (Å²) in [5.74, 6) is 0.297. The number of esters is 1. The zero-order chi connectivity index (χ0) is 30.8. The van der Waals surface area contributed by atoms with Crippen LogP contribution in [0.1, 0.15) is 33.9 Å². The van der Waals surface area contributed by atoms with E-state index in [0.717, 1.165) is 0 Å². The standard InChI is InChI=1S/C26H37FN7O7P/c1-15(2)39-23(36)16(3)32-42(37,41-17-11-9-8-10-12-17)38-13-18-20(35)26(4,27)24(40-18)34-14-29-19-21(33(6)7)30-25(28-5)31-22(19)34/h8-12,14-16,18,20,24,35H,13H2,1-7H3,(H,32,37)(H,28,30,31)/t16-,18+,20+,24+,26+,42-/m0/s1. The SMILES string of the molecule is CNc1nc(N(C)C)c2ncn([C@@H]3O[C@H](CO[P@@](=O)(N[C@@H](C)C(=O)OC(C)C)Oc4ccccc4)[C@@H](O)[C@@]3(C)F)c2n1. The number of halogens is 1. The third-order valence-corrected chi connectivity index (χ3v) is 8.10. The predicted octanol–water partition coefficient (Wildman–Crippen LogP) is 3.05. The van der Waals surface area contributed by atoms with E-state index in [1.54, 1.807) is 70.2 Å². The lowest BCUT2D eigenvalue weighted by Gasteiger charge is -2.25. The lowest BCUT2D eigenvalue weighted by molar-refractivity contribution is -0.149. The number of ether oxygens (including phenoxy) is 2. The highest BCUT2D eigenvalue weighted by Crippen LogP contribution is 2.48. The topological polar surface area (TPSA) is 162 Å². The first-order valence-corrected chi connectivity index (χ1v) is 14.9. The molecule has 3 N–H and O–H groups in total. The normalized spacial score (nSPS) is 24.4. The van der Waals surface area contributed by atoms with E-state index >= 15 is 4.39 Å². The van der Waals surface area contributed by atoms with Gasteiger partial charge in [0.2, 0.25) is 5.95 Å². The van der Waals surface area contributed by atoms with Crippen LogP contribution >= 0.6 is 7.75 Å². The number of hydrogen-bond acceptors (Lipinski definition) is 12. The Morgan fingerprint density at radius 1 is 1.26 bits per heavy atom. The highest BCUT2D eigenvalue weighted by atomic mass is 31.2. The number of anilines is 2. The molecule has 230 valence electrons. The molecule has 0 spiro atoms. The minimum atomic E-state index is -4.28. The molecule has 1 saturated heterocycles. The van der Waals surface area contributed by atoms with Crippen LogP contribution in [0.4, 0.5) is 16.2 Å². The van der Waals surface area contributed by atoms with Crippen LogP contribution in [0.15, 0.2) is 36.7 Å². The van der Waals surface area contributed by atoms with Crippen LogP contribution in [0.25, 0.3) is 11.2 Å². The van der Waals surface area contributed by atoms with Gasteiger partial charge in [0, 0.05) is 21.1 Å². The molecular formula is C26H37FN7O7P. The van der Waals surface area contributed by atoms with Crippen LogP contribution in [0.3, 0.4) is 0 Å². The highest BCUT2D eigenvalue weighted by molar-refractivity contribution is 7.52. The van der Waals surface area contributed by atoms with Gasteiger partial charge in [-0.15, -0.1) is 0 Å². The number of aliphatic hydroxyl groups excluding tert-OH is 1. The molecule has 0 aliphatic carbocycles. The Balaban J connectivity index is 1.59. The van der Waals surface area contributed by atoms with Crippen molar-refractivity contribution in [3.8, 4) is 5.75 Å². The van der Waals surface area contributed by atoms with Gasteiger partial charge >= 0.3 is 13.7 Å². The Morgan fingerprint density at radius 2 is 1.95 bits per heavy atom. The van der Waals surface area contributed by atoms with E-state index in [9.17, 15) is 14.5 Å². The van der Waals surface area contributed by atoms with E-state index in [1.165, 1.54) is 24.7 Å². The van der Waals surface area contributed by atoms with Gasteiger partial charge in [0.1, 0.15) is 24.0 Å². The number of imidazole rings is 1. The number of benzene rings is 1. The molecule has 42 heavy (non-hydrogen) atoms. The summed E-state index contributed by atoms with van der Waals surface area (Å²) in [5.41, 5.74) is -1.66. The van der Waals surface area contributed by atoms with Crippen LogP contribution < -0.4 is 19.8 Å². The van der Waals surface area contributed by atoms with Crippen molar-refractivity contribution in [1.82, 2.24) is 24.6 Å². The molecule has 6 atom stereocenters. The van der Waals surface area contributed by atoms with Gasteiger partial charge in [-0.1, -0.05) is 18.2 Å². The Kier molecular flexibility index (Phi) is 9.38. The van der Waals surface area contributed by atoms with E-state index in [4.69, 9.17) is 18.5 Å². The zero-order valence-electron chi connectivity index (χ0n) is 24.5. The Hall–Kier alpha value is -3.36. The number of rotatable bonds is 12. The molecule has 3 heterocycles. The van der Waals surface area contributed by atoms with Gasteiger partial charge in [-0.05, 0) is 39.8 Å². The Morgan fingerprint density at radius 3 is 2.57 bits per heavy atom. The van der Waals surface area contributed by atoms with E-state index in [1.807, 2.05) is 0 Å². The fourth-order valence-electron chi connectivity index (χ4n) is 4.35. The molecule has 1 fully saturated rings. The molecule has 0 radical (unpaired) electrons. The number of aliphatic hydroxyl groups is 1. The number of carbonyl (C=O) groups is 1. The fourth-order valence-corrected chi connectivity index (χ4v) is 5.86. The van der Waals surface area contributed by atoms with Crippen LogP contribution in [-0.2, 0) is 23.4 Å². The minimum Gasteiger partial charge on any atom is -0.462 e. The number of para-hydroxylation sites is 1. The molecule has 3 aromatic rings. The monoisotopic (exact) mass is 609 g/mol. The molecule has 1 aliphatic heterocycles. The van der Waals surface area contributed by atoms with Crippen LogP contribution in [0.5, 0.6) is 5.75 Å². The van der Waals surface area contributed by atoms with Crippen LogP contribution in [-0.4, -0.2) is 88.4 Å². The summed E-state index contributed by atoms with van der Waals surface area (Å²) < 4.78 is 53.7. The van der Waals surface area contributed by atoms with Crippen LogP contribution in [0, 0.1) is 0 Å². The zero-order valence-corrected chi connectivity index (χ0v) is 25.4. The number of alkyl halides is 1. The van der Waals surface area contributed by atoms with Gasteiger partial charge in [0.15, 0.2) is 28.9 Å². The van der Waals surface area contributed by atoms with Crippen LogP contribution in [0.2, 0.25) is 0 Å². The lowest BCUT2D eigenvalue weighted by atomic mass is 9.98. The molecule has 4 rings (SSSR count). The Bertz CT molecular complexity index is 1440. The van der Waals surface area contributed by atoms with Crippen molar-refractivity contribution in [2.45, 2.75) is 63.9 Å². The number of hydrogen-bond donors (Lipinski definition) is 3. The summed E-state index contributed by atoms with van der Waals surface area (Å²) in [6.45, 7) is 5.44. The van der Waals surface area contributed by atoms with Crippen molar-refractivity contribution in [1.29, 1.82) is 0 Å². The first kappa shape index (κ1) is 31.6. The smallest absolute Gasteiger partial charge is 0.459 e. The summed E-state index contributed by atoms with van der Waals surface area (Å²) >= 11 is 0. The maximum absolute atomic E-state index is 16.1. The summed E-state index contributed by atoms with van der Waals surface area (Å²) in [6, 6.07) is 7.10. The largest absolute Gasteiger partial charge is 0.462 e. The second-order valence-electron chi connectivity index (χ2n) is 10.5. The molecular weight excluding hydrogens is 572 g/mol. The van der Waals surface area contributed by atoms with Crippen molar-refractivity contribution in [2.75, 3.05) is 38.0 Å². The van der Waals surface area contributed by atoms with Gasteiger partial charge in [-0.25, -0.2) is 13.9 Å². The van der Waals surface area contributed by atoms with Gasteiger partial charge in [0.05, 0.1) is 19.0 Å². The molecule has 1 aromatic carbocycles. The average molecular weight is 610 g/mol. The first-order valence-electron chi connectivity index (χ1n) is 13.3. The van der Waals surface area contributed by atoms with Gasteiger partial charge in [-0.3, -0.25) is 13.9 Å². The lowest BCUT2D eigenvalue weighted by Crippen LogP contribution is -2.41. The van der Waals surface area contributed by atoms with E-state index < -0.39 is 56.6 Å². The number of carbonyl (C=O) groups excluding carboxylic acids is 1. The van der Waals surface area contributed by atoms with E-state index in [2.05, 4.69) is 25.4 Å². The number of fused-ring (bicyclic) bond motifs is 1. The van der Waals surface area contributed by atoms with Crippen molar-refractivity contribution >= 4 is 36.6 Å². The molecule has 1 aliphatic rings. The molecule has 0 bridgehead atoms. The van der Waals surface area contributed by atoms with Crippen molar-refractivity contribution in [2.24, 2.45) is 0 Å².